The molecule has 0 spiro atoms. The van der Waals surface area contributed by atoms with Gasteiger partial charge in [-0.3, -0.25) is 4.55 Å². The summed E-state index contributed by atoms with van der Waals surface area (Å²) in [6, 6.07) is 0. The van der Waals surface area contributed by atoms with Crippen molar-refractivity contribution in [3.05, 3.63) is 35.3 Å². The van der Waals surface area contributed by atoms with E-state index in [2.05, 4.69) is 37.5 Å². The van der Waals surface area contributed by atoms with Gasteiger partial charge in [0.05, 0.1) is 5.25 Å². The van der Waals surface area contributed by atoms with Gasteiger partial charge in [-0.05, 0) is 70.1 Å². The van der Waals surface area contributed by atoms with Gasteiger partial charge in [-0.2, -0.15) is 8.42 Å². The summed E-state index contributed by atoms with van der Waals surface area (Å²) < 4.78 is 52.0. The summed E-state index contributed by atoms with van der Waals surface area (Å²) in [6.45, 7) is 3.99. The molecule has 1 N–H and O–H groups in total. The van der Waals surface area contributed by atoms with Crippen LogP contribution >= 0.6 is 0 Å². The molecule has 0 amide bonds. The van der Waals surface area contributed by atoms with E-state index in [-0.39, 0.29) is 36.5 Å². The first-order valence-corrected chi connectivity index (χ1v) is 15.7. The van der Waals surface area contributed by atoms with E-state index in [4.69, 9.17) is 13.3 Å². The van der Waals surface area contributed by atoms with Crippen molar-refractivity contribution < 1.29 is 26.2 Å². The van der Waals surface area contributed by atoms with Crippen LogP contribution in [0.2, 0.25) is 0 Å². The highest BCUT2D eigenvalue weighted by Crippen LogP contribution is 2.45. The van der Waals surface area contributed by atoms with E-state index in [1.54, 1.807) is 6.92 Å². The minimum absolute atomic E-state index is 0.0613. The van der Waals surface area contributed by atoms with Crippen molar-refractivity contribution in [3.63, 3.8) is 0 Å². The van der Waals surface area contributed by atoms with Crippen LogP contribution in [0.1, 0.15) is 142 Å². The predicted octanol–water partition coefficient (Wildman–Crippen LogP) is 5.19. The first-order valence-electron chi connectivity index (χ1n) is 14.2. The largest absolute Gasteiger partial charge is 0.425 e. The summed E-state index contributed by atoms with van der Waals surface area (Å²) in [5.74, 6) is 3.84. The molecule has 0 radical (unpaired) electrons. The molecule has 3 aromatic heterocycles. The number of hydrogen-bond acceptors (Lipinski definition) is 11. The van der Waals surface area contributed by atoms with Crippen LogP contribution in [0, 0.1) is 12.8 Å². The Morgan fingerprint density at radius 1 is 0.615 bits per heavy atom. The Bertz CT molecular complexity index is 1380. The fourth-order valence-electron chi connectivity index (χ4n) is 6.69. The molecular weight excluding hydrogens is 524 g/mol. The van der Waals surface area contributed by atoms with Crippen LogP contribution in [0.3, 0.4) is 0 Å². The van der Waals surface area contributed by atoms with Gasteiger partial charge in [-0.1, -0.05) is 13.3 Å². The highest BCUT2D eigenvalue weighted by molar-refractivity contribution is 7.86. The molecule has 3 aliphatic carbocycles. The maximum atomic E-state index is 12.1. The van der Waals surface area contributed by atoms with Gasteiger partial charge in [-0.15, -0.1) is 30.6 Å². The molecule has 13 heteroatoms. The molecule has 3 aliphatic rings. The first kappa shape index (κ1) is 26.5. The summed E-state index contributed by atoms with van der Waals surface area (Å²) in [6.07, 6.45) is 9.20. The van der Waals surface area contributed by atoms with Crippen LogP contribution in [0.4, 0.5) is 0 Å². The lowest BCUT2D eigenvalue weighted by atomic mass is 9.80. The Morgan fingerprint density at radius 2 is 1.08 bits per heavy atom. The zero-order valence-electron chi connectivity index (χ0n) is 22.4. The summed E-state index contributed by atoms with van der Waals surface area (Å²) in [4.78, 5) is 0. The monoisotopic (exact) mass is 560 g/mol. The molecule has 3 fully saturated rings. The van der Waals surface area contributed by atoms with Gasteiger partial charge in [0.2, 0.25) is 35.3 Å². The molecule has 0 bridgehead atoms. The van der Waals surface area contributed by atoms with Crippen LogP contribution < -0.4 is 0 Å². The van der Waals surface area contributed by atoms with Crippen LogP contribution in [0.15, 0.2) is 13.3 Å². The molecule has 212 valence electrons. The minimum atomic E-state index is -4.26. The molecule has 5 unspecified atom stereocenters. The number of rotatable bonds is 6. The van der Waals surface area contributed by atoms with Crippen LogP contribution in [-0.2, 0) is 10.1 Å². The molecule has 3 heterocycles. The molecule has 6 rings (SSSR count). The number of hydrogen-bond donors (Lipinski definition) is 1. The Kier molecular flexibility index (Phi) is 7.30. The molecule has 3 aromatic rings. The van der Waals surface area contributed by atoms with Crippen molar-refractivity contribution in [2.45, 2.75) is 119 Å². The fraction of sp³-hybridized carbons (Fsp3) is 0.769. The minimum Gasteiger partial charge on any atom is -0.425 e. The van der Waals surface area contributed by atoms with Gasteiger partial charge in [0.25, 0.3) is 10.1 Å². The highest BCUT2D eigenvalue weighted by atomic mass is 32.2. The zero-order valence-corrected chi connectivity index (χ0v) is 23.2. The average molecular weight is 561 g/mol. The maximum absolute atomic E-state index is 12.1. The van der Waals surface area contributed by atoms with Crippen molar-refractivity contribution in [3.8, 4) is 0 Å². The molecule has 0 saturated heterocycles. The van der Waals surface area contributed by atoms with E-state index < -0.39 is 15.4 Å². The third-order valence-electron chi connectivity index (χ3n) is 8.98. The topological polar surface area (TPSA) is 171 Å². The molecule has 12 nitrogen and oxygen atoms in total. The number of aromatic nitrogens is 6. The lowest BCUT2D eigenvalue weighted by Crippen LogP contribution is -2.31. The third kappa shape index (κ3) is 5.79. The van der Waals surface area contributed by atoms with Gasteiger partial charge in [-0.25, -0.2) is 0 Å². The molecule has 39 heavy (non-hydrogen) atoms. The Morgan fingerprint density at radius 3 is 1.59 bits per heavy atom. The zero-order chi connectivity index (χ0) is 27.1. The van der Waals surface area contributed by atoms with Gasteiger partial charge in [0.15, 0.2) is 0 Å². The van der Waals surface area contributed by atoms with Crippen LogP contribution in [-0.4, -0.2) is 48.8 Å². The quantitative estimate of drug-likeness (QED) is 0.392. The Labute approximate surface area is 227 Å². The lowest BCUT2D eigenvalue weighted by molar-refractivity contribution is 0.263. The molecular formula is C26H36N6O6S. The molecule has 0 aromatic carbocycles. The number of aryl methyl sites for hydroxylation is 1. The van der Waals surface area contributed by atoms with Gasteiger partial charge >= 0.3 is 0 Å². The van der Waals surface area contributed by atoms with Crippen LogP contribution in [0.5, 0.6) is 0 Å². The predicted molar refractivity (Wildman–Crippen MR) is 137 cm³/mol. The molecule has 5 atom stereocenters. The van der Waals surface area contributed by atoms with E-state index in [1.807, 2.05) is 0 Å². The van der Waals surface area contributed by atoms with Crippen LogP contribution in [0.25, 0.3) is 0 Å². The van der Waals surface area contributed by atoms with E-state index in [0.717, 1.165) is 50.3 Å². The van der Waals surface area contributed by atoms with E-state index in [9.17, 15) is 13.0 Å². The van der Waals surface area contributed by atoms with Crippen molar-refractivity contribution in [1.82, 2.24) is 30.6 Å². The van der Waals surface area contributed by atoms with Gasteiger partial charge in [0, 0.05) is 36.5 Å². The average Bonchev–Trinajstić information content (AvgIpc) is 3.70. The van der Waals surface area contributed by atoms with Crippen molar-refractivity contribution in [2.75, 3.05) is 0 Å². The van der Waals surface area contributed by atoms with Crippen molar-refractivity contribution in [1.29, 1.82) is 0 Å². The van der Waals surface area contributed by atoms with Crippen molar-refractivity contribution in [2.24, 2.45) is 5.92 Å². The second-order valence-corrected chi connectivity index (χ2v) is 13.6. The van der Waals surface area contributed by atoms with Gasteiger partial charge in [0.1, 0.15) is 0 Å². The van der Waals surface area contributed by atoms with E-state index in [1.165, 1.54) is 12.8 Å². The SMILES string of the molecule is Cc1nnc(C2CC(c3nnc(C4CCCC(c5nnc(C6CCC(C)CC6)o5)C4)o3)CC(S(=O)(=O)O)C2)o1. The summed E-state index contributed by atoms with van der Waals surface area (Å²) in [5, 5.41) is 24.5. The maximum Gasteiger partial charge on any atom is 0.267 e. The van der Waals surface area contributed by atoms with E-state index >= 15 is 0 Å². The molecule has 3 saturated carbocycles. The normalized spacial score (nSPS) is 32.3. The molecule has 0 aliphatic heterocycles. The number of nitrogens with zero attached hydrogens (tertiary/aromatic N) is 6. The second-order valence-electron chi connectivity index (χ2n) is 11.9. The Balaban J connectivity index is 1.15. The smallest absolute Gasteiger partial charge is 0.267 e. The third-order valence-corrected chi connectivity index (χ3v) is 10.2. The summed E-state index contributed by atoms with van der Waals surface area (Å²) in [5.41, 5.74) is 0. The van der Waals surface area contributed by atoms with Crippen molar-refractivity contribution >= 4 is 10.1 Å². The van der Waals surface area contributed by atoms with Gasteiger partial charge < -0.3 is 13.3 Å². The standard InChI is InChI=1S/C26H36N6O6S/c1-14-6-8-16(9-7-14)22-29-30-23(37-22)17-4-3-5-18(10-17)24-31-32-26(38-24)20-11-19(25-28-27-15(2)36-25)12-21(13-20)39(33,34)35/h14,16-21H,3-13H2,1-2H3,(H,33,34,35). The first-order chi connectivity index (χ1) is 18.7. The summed E-state index contributed by atoms with van der Waals surface area (Å²) in [7, 11) is -4.26. The second kappa shape index (κ2) is 10.7. The summed E-state index contributed by atoms with van der Waals surface area (Å²) >= 11 is 0. The van der Waals surface area contributed by atoms with E-state index in [0.29, 0.717) is 41.8 Å². The lowest BCUT2D eigenvalue weighted by Gasteiger charge is -2.30. The fourth-order valence-corrected chi connectivity index (χ4v) is 7.64. The Hall–Kier alpha value is -2.67. The highest BCUT2D eigenvalue weighted by Gasteiger charge is 2.41.